The fourth-order valence-corrected chi connectivity index (χ4v) is 5.76. The first-order valence-electron chi connectivity index (χ1n) is 13.1. The Balaban J connectivity index is 1.53. The van der Waals surface area contributed by atoms with Gasteiger partial charge in [0.15, 0.2) is 4.80 Å². The monoisotopic (exact) mass is 585 g/mol. The molecule has 0 fully saturated rings. The van der Waals surface area contributed by atoms with Crippen molar-refractivity contribution in [3.05, 3.63) is 131 Å². The van der Waals surface area contributed by atoms with Gasteiger partial charge in [0.25, 0.3) is 11.2 Å². The van der Waals surface area contributed by atoms with Crippen LogP contribution in [0.1, 0.15) is 36.6 Å². The number of nitro groups is 1. The highest BCUT2D eigenvalue weighted by Crippen LogP contribution is 2.31. The predicted octanol–water partition coefficient (Wildman–Crippen LogP) is 4.29. The molecule has 42 heavy (non-hydrogen) atoms. The largest absolute Gasteiger partial charge is 0.497 e. The summed E-state index contributed by atoms with van der Waals surface area (Å²) in [5.74, 6) is 0.608. The predicted molar refractivity (Wildman–Crippen MR) is 157 cm³/mol. The van der Waals surface area contributed by atoms with Crippen LogP contribution in [-0.4, -0.2) is 29.2 Å². The normalized spacial score (nSPS) is 14.6. The minimum atomic E-state index is -0.732. The lowest BCUT2D eigenvalue weighted by Gasteiger charge is -2.24. The van der Waals surface area contributed by atoms with Crippen LogP contribution in [0.3, 0.4) is 0 Å². The molecule has 214 valence electrons. The lowest BCUT2D eigenvalue weighted by Crippen LogP contribution is -2.39. The van der Waals surface area contributed by atoms with Crippen LogP contribution in [-0.2, 0) is 16.1 Å². The zero-order chi connectivity index (χ0) is 29.8. The Bertz CT molecular complexity index is 1870. The number of benzene rings is 3. The van der Waals surface area contributed by atoms with E-state index < -0.39 is 16.9 Å². The van der Waals surface area contributed by atoms with E-state index in [-0.39, 0.29) is 24.5 Å². The summed E-state index contributed by atoms with van der Waals surface area (Å²) < 4.78 is 18.4. The smallest absolute Gasteiger partial charge is 0.338 e. The van der Waals surface area contributed by atoms with E-state index in [1.165, 1.54) is 22.0 Å². The van der Waals surface area contributed by atoms with Crippen LogP contribution in [0.15, 0.2) is 93.9 Å². The molecular formula is C31H27N3O7S. The molecule has 0 aliphatic carbocycles. The molecule has 3 aromatic carbocycles. The van der Waals surface area contributed by atoms with Gasteiger partial charge in [-0.15, -0.1) is 0 Å². The summed E-state index contributed by atoms with van der Waals surface area (Å²) in [6, 6.07) is 20.0. The highest BCUT2D eigenvalue weighted by Gasteiger charge is 2.33. The van der Waals surface area contributed by atoms with Crippen molar-refractivity contribution in [2.24, 2.45) is 4.99 Å². The first-order valence-corrected chi connectivity index (χ1v) is 13.9. The molecule has 5 rings (SSSR count). The van der Waals surface area contributed by atoms with Gasteiger partial charge < -0.3 is 14.2 Å². The van der Waals surface area contributed by atoms with Gasteiger partial charge in [-0.2, -0.15) is 0 Å². The van der Waals surface area contributed by atoms with Crippen molar-refractivity contribution in [3.8, 4) is 11.5 Å². The van der Waals surface area contributed by atoms with Gasteiger partial charge in [-0.25, -0.2) is 9.79 Å². The second kappa shape index (κ2) is 12.2. The molecule has 0 amide bonds. The van der Waals surface area contributed by atoms with E-state index in [0.29, 0.717) is 48.8 Å². The third-order valence-electron chi connectivity index (χ3n) is 6.69. The zero-order valence-electron chi connectivity index (χ0n) is 23.1. The minimum absolute atomic E-state index is 0.0145. The highest BCUT2D eigenvalue weighted by atomic mass is 32.1. The average Bonchev–Trinajstić information content (AvgIpc) is 3.29. The number of thiazole rings is 1. The molecule has 0 spiro atoms. The van der Waals surface area contributed by atoms with Crippen LogP contribution in [0.2, 0.25) is 0 Å². The fraction of sp³-hybridized carbons (Fsp3) is 0.194. The standard InChI is InChI=1S/C31H27N3O7S/c1-4-40-30(36)27-19(2)32-31-33(28(27)21-12-14-23(39-3)15-13-21)29(35)26(42-31)17-20-8-7-10-24(16-20)41-18-22-9-5-6-11-25(22)34(37)38/h5-17,28H,4,18H2,1-3H3. The molecule has 0 saturated carbocycles. The molecule has 1 atom stereocenters. The van der Waals surface area contributed by atoms with Gasteiger partial charge in [0.05, 0.1) is 46.0 Å². The number of carbonyl (C=O) groups excluding carboxylic acids is 1. The van der Waals surface area contributed by atoms with Gasteiger partial charge in [0, 0.05) is 6.07 Å². The van der Waals surface area contributed by atoms with Crippen molar-refractivity contribution < 1.29 is 23.9 Å². The van der Waals surface area contributed by atoms with Gasteiger partial charge in [-0.05, 0) is 61.4 Å². The summed E-state index contributed by atoms with van der Waals surface area (Å²) in [5, 5.41) is 11.3. The Morgan fingerprint density at radius 2 is 1.86 bits per heavy atom. The minimum Gasteiger partial charge on any atom is -0.497 e. The molecule has 0 radical (unpaired) electrons. The lowest BCUT2D eigenvalue weighted by atomic mass is 9.96. The van der Waals surface area contributed by atoms with Gasteiger partial charge >= 0.3 is 5.97 Å². The quantitative estimate of drug-likeness (QED) is 0.163. The molecule has 11 heteroatoms. The number of para-hydroxylation sites is 1. The summed E-state index contributed by atoms with van der Waals surface area (Å²) in [6.45, 7) is 3.66. The first kappa shape index (κ1) is 28.5. The number of fused-ring (bicyclic) bond motifs is 1. The van der Waals surface area contributed by atoms with E-state index in [1.807, 2.05) is 18.2 Å². The number of allylic oxidation sites excluding steroid dienone is 1. The van der Waals surface area contributed by atoms with Gasteiger partial charge in [0.1, 0.15) is 18.1 Å². The Kier molecular flexibility index (Phi) is 8.30. The van der Waals surface area contributed by atoms with E-state index in [1.54, 1.807) is 75.6 Å². The van der Waals surface area contributed by atoms with Crippen LogP contribution in [0.25, 0.3) is 6.08 Å². The van der Waals surface area contributed by atoms with Gasteiger partial charge in [-0.1, -0.05) is 47.7 Å². The maximum absolute atomic E-state index is 13.8. The van der Waals surface area contributed by atoms with E-state index in [9.17, 15) is 19.7 Å². The van der Waals surface area contributed by atoms with Crippen LogP contribution in [0.4, 0.5) is 5.69 Å². The number of methoxy groups -OCH3 is 1. The zero-order valence-corrected chi connectivity index (χ0v) is 23.9. The second-order valence-corrected chi connectivity index (χ2v) is 10.3. The third kappa shape index (κ3) is 5.72. The number of nitrogens with zero attached hydrogens (tertiary/aromatic N) is 3. The number of hydrogen-bond donors (Lipinski definition) is 0. The number of rotatable bonds is 9. The van der Waals surface area contributed by atoms with Gasteiger partial charge in [0.2, 0.25) is 0 Å². The first-order chi connectivity index (χ1) is 20.3. The van der Waals surface area contributed by atoms with Crippen molar-refractivity contribution in [3.63, 3.8) is 0 Å². The molecule has 4 aromatic rings. The summed E-state index contributed by atoms with van der Waals surface area (Å²) in [4.78, 5) is 42.9. The molecule has 10 nitrogen and oxygen atoms in total. The summed E-state index contributed by atoms with van der Waals surface area (Å²) in [5.41, 5.74) is 2.32. The van der Waals surface area contributed by atoms with Crippen molar-refractivity contribution in [2.75, 3.05) is 13.7 Å². The molecule has 0 bridgehead atoms. The molecule has 1 aliphatic heterocycles. The van der Waals surface area contributed by atoms with E-state index in [0.717, 1.165) is 0 Å². The molecule has 1 aromatic heterocycles. The number of esters is 1. The Hall–Kier alpha value is -5.03. The van der Waals surface area contributed by atoms with Crippen LogP contribution in [0, 0.1) is 10.1 Å². The fourth-order valence-electron chi connectivity index (χ4n) is 4.71. The summed E-state index contributed by atoms with van der Waals surface area (Å²) in [6.07, 6.45) is 1.73. The number of carbonyl (C=O) groups is 1. The molecule has 1 unspecified atom stereocenters. The van der Waals surface area contributed by atoms with E-state index in [2.05, 4.69) is 4.99 Å². The van der Waals surface area contributed by atoms with E-state index >= 15 is 0 Å². The van der Waals surface area contributed by atoms with Crippen molar-refractivity contribution >= 4 is 29.1 Å². The maximum Gasteiger partial charge on any atom is 0.338 e. The van der Waals surface area contributed by atoms with E-state index in [4.69, 9.17) is 14.2 Å². The maximum atomic E-state index is 13.8. The molecule has 0 N–H and O–H groups in total. The average molecular weight is 586 g/mol. The van der Waals surface area contributed by atoms with Crippen LogP contribution in [0.5, 0.6) is 11.5 Å². The second-order valence-electron chi connectivity index (χ2n) is 9.32. The molecule has 2 heterocycles. The lowest BCUT2D eigenvalue weighted by molar-refractivity contribution is -0.385. The number of ether oxygens (including phenoxy) is 3. The van der Waals surface area contributed by atoms with Crippen LogP contribution < -0.4 is 24.4 Å². The SMILES string of the molecule is CCOC(=O)C1=C(C)N=c2sc(=Cc3cccc(OCc4ccccc4[N+](=O)[O-])c3)c(=O)n2C1c1ccc(OC)cc1. The number of aromatic nitrogens is 1. The molecular weight excluding hydrogens is 558 g/mol. The third-order valence-corrected chi connectivity index (χ3v) is 7.67. The van der Waals surface area contributed by atoms with Crippen molar-refractivity contribution in [1.82, 2.24) is 4.57 Å². The molecule has 0 saturated heterocycles. The Morgan fingerprint density at radius 1 is 1.10 bits per heavy atom. The van der Waals surface area contributed by atoms with Crippen molar-refractivity contribution in [2.45, 2.75) is 26.5 Å². The Morgan fingerprint density at radius 3 is 2.57 bits per heavy atom. The van der Waals surface area contributed by atoms with Gasteiger partial charge in [-0.3, -0.25) is 19.5 Å². The Labute approximate surface area is 244 Å². The summed E-state index contributed by atoms with van der Waals surface area (Å²) >= 11 is 1.22. The van der Waals surface area contributed by atoms with Crippen LogP contribution >= 0.6 is 11.3 Å². The number of hydrogen-bond acceptors (Lipinski definition) is 9. The highest BCUT2D eigenvalue weighted by molar-refractivity contribution is 7.07. The number of nitro benzene ring substituents is 1. The topological polar surface area (TPSA) is 122 Å². The summed E-state index contributed by atoms with van der Waals surface area (Å²) in [7, 11) is 1.57. The van der Waals surface area contributed by atoms with Crippen molar-refractivity contribution in [1.29, 1.82) is 0 Å². The molecule has 1 aliphatic rings.